The first-order valence-electron chi connectivity index (χ1n) is 9.64. The third-order valence-electron chi connectivity index (χ3n) is 5.03. The standard InChI is InChI=1S/C24H24IN2S/c1-26-22-12-4-5-13-23(22)28-24(26)14-8-9-19-15-18-27(17-7-6-16-25)21-11-3-2-10-20(19)21/h2-5,8-15,18H,6-7,16-17H2,1H3/q+1. The lowest BCUT2D eigenvalue weighted by molar-refractivity contribution is -0.671. The van der Waals surface area contributed by atoms with E-state index in [1.165, 1.54) is 49.3 Å². The van der Waals surface area contributed by atoms with Crippen LogP contribution in [0.15, 0.2) is 82.9 Å². The lowest BCUT2D eigenvalue weighted by atomic mass is 10.1. The van der Waals surface area contributed by atoms with Crippen molar-refractivity contribution in [1.82, 2.24) is 0 Å². The highest BCUT2D eigenvalue weighted by Crippen LogP contribution is 2.44. The second kappa shape index (κ2) is 9.14. The molecule has 1 aliphatic heterocycles. The van der Waals surface area contributed by atoms with Gasteiger partial charge in [-0.15, -0.1) is 0 Å². The van der Waals surface area contributed by atoms with E-state index < -0.39 is 0 Å². The van der Waals surface area contributed by atoms with E-state index in [1.807, 2.05) is 11.8 Å². The monoisotopic (exact) mass is 499 g/mol. The Hall–Kier alpha value is -1.79. The smallest absolute Gasteiger partial charge is 0.213 e. The Labute approximate surface area is 185 Å². The average molecular weight is 499 g/mol. The molecule has 0 fully saturated rings. The van der Waals surface area contributed by atoms with E-state index >= 15 is 0 Å². The Balaban J connectivity index is 1.58. The SMILES string of the molecule is CN1/C(=C/C=C/c2cc[n+](CCCCI)c3ccccc23)Sc2ccccc21. The molecule has 1 aromatic heterocycles. The molecule has 0 saturated carbocycles. The zero-order chi connectivity index (χ0) is 19.3. The van der Waals surface area contributed by atoms with Gasteiger partial charge in [-0.1, -0.05) is 70.8 Å². The number of hydrogen-bond acceptors (Lipinski definition) is 2. The van der Waals surface area contributed by atoms with Crippen LogP contribution in [0.1, 0.15) is 18.4 Å². The van der Waals surface area contributed by atoms with Crippen LogP contribution in [0.2, 0.25) is 0 Å². The van der Waals surface area contributed by atoms with Gasteiger partial charge in [-0.2, -0.15) is 4.57 Å². The highest BCUT2D eigenvalue weighted by molar-refractivity contribution is 14.1. The van der Waals surface area contributed by atoms with Gasteiger partial charge in [0.1, 0.15) is 6.54 Å². The van der Waals surface area contributed by atoms with Gasteiger partial charge >= 0.3 is 0 Å². The number of nitrogens with zero attached hydrogens (tertiary/aromatic N) is 2. The number of aromatic nitrogens is 1. The van der Waals surface area contributed by atoms with Crippen molar-refractivity contribution in [2.75, 3.05) is 16.4 Å². The Morgan fingerprint density at radius 2 is 1.86 bits per heavy atom. The van der Waals surface area contributed by atoms with Crippen molar-refractivity contribution in [2.24, 2.45) is 0 Å². The van der Waals surface area contributed by atoms with Crippen molar-refractivity contribution in [3.8, 4) is 0 Å². The fraction of sp³-hybridized carbons (Fsp3) is 0.208. The molecule has 0 radical (unpaired) electrons. The molecular weight excluding hydrogens is 475 g/mol. The van der Waals surface area contributed by atoms with Crippen molar-refractivity contribution < 1.29 is 4.57 Å². The number of thioether (sulfide) groups is 1. The predicted octanol–water partition coefficient (Wildman–Crippen LogP) is 6.44. The first-order valence-corrected chi connectivity index (χ1v) is 12.0. The molecule has 2 nitrogen and oxygen atoms in total. The number of aryl methyl sites for hydroxylation is 1. The number of rotatable bonds is 6. The highest BCUT2D eigenvalue weighted by Gasteiger charge is 2.20. The third kappa shape index (κ3) is 4.13. The molecule has 28 heavy (non-hydrogen) atoms. The molecule has 0 bridgehead atoms. The van der Waals surface area contributed by atoms with E-state index in [2.05, 4.69) is 118 Å². The van der Waals surface area contributed by atoms with Crippen LogP contribution in [-0.2, 0) is 6.54 Å². The molecule has 0 spiro atoms. The molecule has 0 aliphatic carbocycles. The highest BCUT2D eigenvalue weighted by atomic mass is 127. The Bertz CT molecular complexity index is 1040. The van der Waals surface area contributed by atoms with E-state index in [9.17, 15) is 0 Å². The largest absolute Gasteiger partial charge is 0.338 e. The van der Waals surface area contributed by atoms with Gasteiger partial charge in [-0.05, 0) is 40.7 Å². The Kier molecular flexibility index (Phi) is 6.37. The summed E-state index contributed by atoms with van der Waals surface area (Å²) in [5.74, 6) is 0. The summed E-state index contributed by atoms with van der Waals surface area (Å²) in [6.45, 7) is 1.08. The fourth-order valence-corrected chi connectivity index (χ4v) is 5.13. The maximum atomic E-state index is 2.46. The maximum absolute atomic E-state index is 2.46. The summed E-state index contributed by atoms with van der Waals surface area (Å²) in [6, 6.07) is 19.5. The summed E-state index contributed by atoms with van der Waals surface area (Å²) in [5, 5.41) is 2.57. The number of halogens is 1. The fourth-order valence-electron chi connectivity index (χ4n) is 3.53. The van der Waals surface area contributed by atoms with Crippen molar-refractivity contribution in [1.29, 1.82) is 0 Å². The zero-order valence-corrected chi connectivity index (χ0v) is 19.0. The number of para-hydroxylation sites is 2. The molecule has 2 heterocycles. The van der Waals surface area contributed by atoms with E-state index in [4.69, 9.17) is 0 Å². The molecule has 3 aromatic rings. The van der Waals surface area contributed by atoms with Crippen LogP contribution in [0.4, 0.5) is 5.69 Å². The predicted molar refractivity (Wildman–Crippen MR) is 130 cm³/mol. The Morgan fingerprint density at radius 1 is 1.04 bits per heavy atom. The summed E-state index contributed by atoms with van der Waals surface area (Å²) in [4.78, 5) is 3.58. The summed E-state index contributed by atoms with van der Waals surface area (Å²) in [6.07, 6.45) is 11.3. The molecule has 0 atom stereocenters. The van der Waals surface area contributed by atoms with Crippen LogP contribution in [0, 0.1) is 0 Å². The van der Waals surface area contributed by atoms with Crippen molar-refractivity contribution >= 4 is 57.0 Å². The van der Waals surface area contributed by atoms with Crippen molar-refractivity contribution in [3.63, 3.8) is 0 Å². The third-order valence-corrected chi connectivity index (χ3v) is 6.97. The van der Waals surface area contributed by atoms with Crippen LogP contribution in [-0.4, -0.2) is 11.5 Å². The zero-order valence-electron chi connectivity index (χ0n) is 16.0. The molecule has 0 N–H and O–H groups in total. The van der Waals surface area contributed by atoms with Crippen LogP contribution < -0.4 is 9.47 Å². The first kappa shape index (κ1) is 19.5. The van der Waals surface area contributed by atoms with Gasteiger partial charge < -0.3 is 4.90 Å². The van der Waals surface area contributed by atoms with Gasteiger partial charge in [0.25, 0.3) is 0 Å². The quantitative estimate of drug-likeness (QED) is 0.167. The van der Waals surface area contributed by atoms with E-state index in [1.54, 1.807) is 0 Å². The van der Waals surface area contributed by atoms with E-state index in [0.29, 0.717) is 0 Å². The van der Waals surface area contributed by atoms with Crippen LogP contribution in [0.5, 0.6) is 0 Å². The molecule has 4 rings (SSSR count). The number of alkyl halides is 1. The minimum absolute atomic E-state index is 1.08. The number of hydrogen-bond donors (Lipinski definition) is 0. The van der Waals surface area contributed by atoms with Gasteiger partial charge in [0, 0.05) is 30.5 Å². The summed E-state index contributed by atoms with van der Waals surface area (Å²) < 4.78 is 3.61. The molecule has 4 heteroatoms. The average Bonchev–Trinajstić information content (AvgIpc) is 3.05. The van der Waals surface area contributed by atoms with Gasteiger partial charge in [0.15, 0.2) is 6.20 Å². The van der Waals surface area contributed by atoms with Crippen LogP contribution in [0.3, 0.4) is 0 Å². The second-order valence-corrected chi connectivity index (χ2v) is 9.01. The van der Waals surface area contributed by atoms with E-state index in [-0.39, 0.29) is 0 Å². The summed E-state index contributed by atoms with van der Waals surface area (Å²) in [5.41, 5.74) is 3.86. The number of fused-ring (bicyclic) bond motifs is 2. The first-order chi connectivity index (χ1) is 13.8. The lowest BCUT2D eigenvalue weighted by Crippen LogP contribution is -2.34. The molecular formula is C24H24IN2S+. The van der Waals surface area contributed by atoms with Gasteiger partial charge in [0.2, 0.25) is 5.52 Å². The molecule has 2 aromatic carbocycles. The molecule has 1 aliphatic rings. The molecule has 142 valence electrons. The van der Waals surface area contributed by atoms with Crippen LogP contribution >= 0.6 is 34.4 Å². The van der Waals surface area contributed by atoms with Crippen molar-refractivity contribution in [3.05, 3.63) is 83.5 Å². The van der Waals surface area contributed by atoms with Gasteiger partial charge in [-0.25, -0.2) is 0 Å². The Morgan fingerprint density at radius 3 is 2.71 bits per heavy atom. The van der Waals surface area contributed by atoms with Crippen molar-refractivity contribution in [2.45, 2.75) is 24.3 Å². The minimum atomic E-state index is 1.08. The van der Waals surface area contributed by atoms with Crippen LogP contribution in [0.25, 0.3) is 17.0 Å². The minimum Gasteiger partial charge on any atom is -0.338 e. The maximum Gasteiger partial charge on any atom is 0.213 e. The second-order valence-electron chi connectivity index (χ2n) is 6.87. The number of anilines is 1. The normalized spacial score (nSPS) is 15.1. The number of unbranched alkanes of at least 4 members (excludes halogenated alkanes) is 1. The summed E-state index contributed by atoms with van der Waals surface area (Å²) >= 11 is 4.28. The van der Waals surface area contributed by atoms with Gasteiger partial charge in [0.05, 0.1) is 16.1 Å². The topological polar surface area (TPSA) is 7.12 Å². The molecule has 0 amide bonds. The molecule has 0 unspecified atom stereocenters. The summed E-state index contributed by atoms with van der Waals surface area (Å²) in [7, 11) is 2.13. The van der Waals surface area contributed by atoms with E-state index in [0.717, 1.165) is 6.54 Å². The number of pyridine rings is 1. The molecule has 0 saturated heterocycles. The van der Waals surface area contributed by atoms with Gasteiger partial charge in [-0.3, -0.25) is 0 Å². The number of allylic oxidation sites excluding steroid dienone is 2. The lowest BCUT2D eigenvalue weighted by Gasteiger charge is -2.12. The number of benzene rings is 2.